The molecule has 0 amide bonds. The van der Waals surface area contributed by atoms with Crippen molar-refractivity contribution in [3.8, 4) is 0 Å². The maximum absolute atomic E-state index is 12.2. The van der Waals surface area contributed by atoms with E-state index >= 15 is 0 Å². The molecule has 0 fully saturated rings. The first kappa shape index (κ1) is 24.8. The highest BCUT2D eigenvalue weighted by Gasteiger charge is 2.10. The predicted octanol–water partition coefficient (Wildman–Crippen LogP) is 2.83. The zero-order chi connectivity index (χ0) is 22.4. The molecule has 7 nitrogen and oxygen atoms in total. The Balaban J connectivity index is 1.68. The minimum atomic E-state index is -3.37. The van der Waals surface area contributed by atoms with Crippen molar-refractivity contribution in [1.82, 2.24) is 15.4 Å². The number of nitrogens with zero attached hydrogens (tertiary/aromatic N) is 1. The SMILES string of the molecule is CCNC(=NCCCOC(C)c1ccccc1)NCCS(=O)(=O)NCc1ccccc1. The average Bonchev–Trinajstić information content (AvgIpc) is 2.78. The van der Waals surface area contributed by atoms with Crippen LogP contribution in [-0.4, -0.2) is 46.4 Å². The van der Waals surface area contributed by atoms with Crippen LogP contribution in [0.25, 0.3) is 0 Å². The van der Waals surface area contributed by atoms with Gasteiger partial charge in [0.25, 0.3) is 0 Å². The summed E-state index contributed by atoms with van der Waals surface area (Å²) in [6.07, 6.45) is 0.829. The maximum atomic E-state index is 12.2. The lowest BCUT2D eigenvalue weighted by Crippen LogP contribution is -2.41. The number of aliphatic imine (C=N–C) groups is 1. The summed E-state index contributed by atoms with van der Waals surface area (Å²) in [4.78, 5) is 4.50. The van der Waals surface area contributed by atoms with E-state index in [1.807, 2.05) is 62.4 Å². The van der Waals surface area contributed by atoms with E-state index in [1.54, 1.807) is 0 Å². The van der Waals surface area contributed by atoms with E-state index in [9.17, 15) is 8.42 Å². The lowest BCUT2D eigenvalue weighted by Gasteiger charge is -2.14. The molecule has 0 saturated carbocycles. The molecule has 0 saturated heterocycles. The van der Waals surface area contributed by atoms with Gasteiger partial charge in [-0.15, -0.1) is 0 Å². The predicted molar refractivity (Wildman–Crippen MR) is 126 cm³/mol. The van der Waals surface area contributed by atoms with Crippen molar-refractivity contribution in [3.05, 3.63) is 71.8 Å². The molecule has 1 unspecified atom stereocenters. The maximum Gasteiger partial charge on any atom is 0.213 e. The Morgan fingerprint density at radius 1 is 1.03 bits per heavy atom. The molecule has 0 aliphatic carbocycles. The Bertz CT molecular complexity index is 874. The van der Waals surface area contributed by atoms with Gasteiger partial charge in [-0.3, -0.25) is 4.99 Å². The lowest BCUT2D eigenvalue weighted by molar-refractivity contribution is 0.0652. The Morgan fingerprint density at radius 3 is 2.39 bits per heavy atom. The normalized spacial score (nSPS) is 13.0. The van der Waals surface area contributed by atoms with Crippen molar-refractivity contribution >= 4 is 16.0 Å². The zero-order valence-corrected chi connectivity index (χ0v) is 19.2. The molecule has 0 bridgehead atoms. The van der Waals surface area contributed by atoms with Crippen molar-refractivity contribution in [1.29, 1.82) is 0 Å². The fourth-order valence-corrected chi connectivity index (χ4v) is 3.74. The van der Waals surface area contributed by atoms with E-state index in [2.05, 4.69) is 32.5 Å². The van der Waals surface area contributed by atoms with Gasteiger partial charge >= 0.3 is 0 Å². The van der Waals surface area contributed by atoms with Crippen LogP contribution in [0.5, 0.6) is 0 Å². The van der Waals surface area contributed by atoms with Crippen LogP contribution in [0, 0.1) is 0 Å². The summed E-state index contributed by atoms with van der Waals surface area (Å²) >= 11 is 0. The second kappa shape index (κ2) is 13.8. The molecule has 0 aliphatic heterocycles. The third-order valence-corrected chi connectivity index (χ3v) is 5.88. The third-order valence-electron chi connectivity index (χ3n) is 4.56. The summed E-state index contributed by atoms with van der Waals surface area (Å²) in [6.45, 7) is 6.48. The minimum absolute atomic E-state index is 0.0258. The molecule has 0 spiro atoms. The molecule has 1 atom stereocenters. The van der Waals surface area contributed by atoms with Gasteiger partial charge in [0.15, 0.2) is 5.96 Å². The molecule has 2 aromatic rings. The number of nitrogens with one attached hydrogen (secondary N) is 3. The van der Waals surface area contributed by atoms with Crippen molar-refractivity contribution < 1.29 is 13.2 Å². The molecule has 0 aliphatic rings. The van der Waals surface area contributed by atoms with Gasteiger partial charge in [-0.25, -0.2) is 13.1 Å². The van der Waals surface area contributed by atoms with Crippen LogP contribution >= 0.6 is 0 Å². The number of benzene rings is 2. The van der Waals surface area contributed by atoms with Gasteiger partial charge in [0, 0.05) is 32.8 Å². The monoisotopic (exact) mass is 446 g/mol. The van der Waals surface area contributed by atoms with Gasteiger partial charge in [0.2, 0.25) is 10.0 Å². The van der Waals surface area contributed by atoms with E-state index < -0.39 is 10.0 Å². The topological polar surface area (TPSA) is 91.8 Å². The summed E-state index contributed by atoms with van der Waals surface area (Å²) in [5, 5.41) is 6.21. The molecule has 0 radical (unpaired) electrons. The minimum Gasteiger partial charge on any atom is -0.374 e. The summed E-state index contributed by atoms with van der Waals surface area (Å²) in [5.41, 5.74) is 2.08. The summed E-state index contributed by atoms with van der Waals surface area (Å²) in [6, 6.07) is 19.6. The Labute approximate surface area is 186 Å². The number of hydrogen-bond acceptors (Lipinski definition) is 4. The fraction of sp³-hybridized carbons (Fsp3) is 0.435. The smallest absolute Gasteiger partial charge is 0.213 e. The molecule has 0 heterocycles. The van der Waals surface area contributed by atoms with E-state index in [0.717, 1.165) is 17.5 Å². The molecule has 8 heteroatoms. The number of rotatable bonds is 13. The van der Waals surface area contributed by atoms with E-state index in [1.165, 1.54) is 0 Å². The van der Waals surface area contributed by atoms with Crippen molar-refractivity contribution in [2.75, 3.05) is 32.0 Å². The first-order valence-electron chi connectivity index (χ1n) is 10.7. The Kier molecular flexibility index (Phi) is 11.1. The molecule has 31 heavy (non-hydrogen) atoms. The third kappa shape index (κ3) is 10.4. The van der Waals surface area contributed by atoms with Gasteiger partial charge in [0.05, 0.1) is 11.9 Å². The van der Waals surface area contributed by atoms with Crippen molar-refractivity contribution in [3.63, 3.8) is 0 Å². The Hall–Kier alpha value is -2.42. The molecule has 3 N–H and O–H groups in total. The first-order chi connectivity index (χ1) is 15.0. The van der Waals surface area contributed by atoms with Crippen LogP contribution in [-0.2, 0) is 21.3 Å². The molecule has 0 aromatic heterocycles. The number of sulfonamides is 1. The lowest BCUT2D eigenvalue weighted by atomic mass is 10.1. The van der Waals surface area contributed by atoms with Crippen LogP contribution in [0.3, 0.4) is 0 Å². The molecular weight excluding hydrogens is 412 g/mol. The van der Waals surface area contributed by atoms with Crippen molar-refractivity contribution in [2.45, 2.75) is 32.9 Å². The molecule has 170 valence electrons. The Morgan fingerprint density at radius 2 is 1.71 bits per heavy atom. The quantitative estimate of drug-likeness (QED) is 0.250. The number of hydrogen-bond donors (Lipinski definition) is 3. The van der Waals surface area contributed by atoms with Crippen LogP contribution in [0.15, 0.2) is 65.7 Å². The fourth-order valence-electron chi connectivity index (χ4n) is 2.84. The summed E-state index contributed by atoms with van der Waals surface area (Å²) in [7, 11) is -3.37. The van der Waals surface area contributed by atoms with E-state index in [0.29, 0.717) is 32.2 Å². The largest absolute Gasteiger partial charge is 0.374 e. The summed E-state index contributed by atoms with van der Waals surface area (Å²) in [5.74, 6) is 0.582. The van der Waals surface area contributed by atoms with Crippen LogP contribution in [0.1, 0.15) is 37.5 Å². The van der Waals surface area contributed by atoms with E-state index in [-0.39, 0.29) is 18.4 Å². The van der Waals surface area contributed by atoms with Gasteiger partial charge in [-0.2, -0.15) is 0 Å². The van der Waals surface area contributed by atoms with Gasteiger partial charge in [0.1, 0.15) is 0 Å². The van der Waals surface area contributed by atoms with Gasteiger partial charge < -0.3 is 15.4 Å². The molecule has 2 rings (SSSR count). The van der Waals surface area contributed by atoms with E-state index in [4.69, 9.17) is 4.74 Å². The van der Waals surface area contributed by atoms with Gasteiger partial charge in [-0.1, -0.05) is 60.7 Å². The van der Waals surface area contributed by atoms with Crippen molar-refractivity contribution in [2.24, 2.45) is 4.99 Å². The van der Waals surface area contributed by atoms with Crippen LogP contribution in [0.4, 0.5) is 0 Å². The highest BCUT2D eigenvalue weighted by Crippen LogP contribution is 2.15. The molecular formula is C23H34N4O3S. The first-order valence-corrected chi connectivity index (χ1v) is 12.4. The van der Waals surface area contributed by atoms with Crippen LogP contribution in [0.2, 0.25) is 0 Å². The van der Waals surface area contributed by atoms with Gasteiger partial charge in [-0.05, 0) is 31.4 Å². The highest BCUT2D eigenvalue weighted by atomic mass is 32.2. The average molecular weight is 447 g/mol. The second-order valence-corrected chi connectivity index (χ2v) is 9.02. The second-order valence-electron chi connectivity index (χ2n) is 7.09. The summed E-state index contributed by atoms with van der Waals surface area (Å²) < 4.78 is 32.9. The highest BCUT2D eigenvalue weighted by molar-refractivity contribution is 7.89. The van der Waals surface area contributed by atoms with Crippen LogP contribution < -0.4 is 15.4 Å². The molecule has 2 aromatic carbocycles. The number of ether oxygens (including phenoxy) is 1. The number of guanidine groups is 1. The standard InChI is InChI=1S/C23H34N4O3S/c1-3-24-23(25-15-10-17-30-20(2)22-13-8-5-9-14-22)26-16-18-31(28,29)27-19-21-11-6-4-7-12-21/h4-9,11-14,20,27H,3,10,15-19H2,1-2H3,(H2,24,25,26). The zero-order valence-electron chi connectivity index (χ0n) is 18.4.